The van der Waals surface area contributed by atoms with Crippen molar-refractivity contribution in [3.8, 4) is 10.7 Å². The van der Waals surface area contributed by atoms with E-state index in [1.165, 1.54) is 18.8 Å². The first-order chi connectivity index (χ1) is 13.7. The Morgan fingerprint density at radius 3 is 2.61 bits per heavy atom. The van der Waals surface area contributed by atoms with Crippen LogP contribution >= 0.6 is 23.1 Å². The van der Waals surface area contributed by atoms with Crippen molar-refractivity contribution in [2.45, 2.75) is 29.3 Å². The van der Waals surface area contributed by atoms with E-state index in [0.29, 0.717) is 11.2 Å². The molecular formula is C19H19N5O2S2. The molecule has 7 nitrogen and oxygen atoms in total. The Balaban J connectivity index is 1.67. The fraction of sp³-hybridized carbons (Fsp3) is 0.263. The minimum atomic E-state index is -0.614. The molecule has 1 aromatic carbocycles. The Bertz CT molecular complexity index is 968. The monoisotopic (exact) mass is 413 g/mol. The van der Waals surface area contributed by atoms with E-state index in [1.807, 2.05) is 47.8 Å². The number of urea groups is 1. The molecule has 28 heavy (non-hydrogen) atoms. The number of hydrogen-bond donors (Lipinski definition) is 2. The van der Waals surface area contributed by atoms with Gasteiger partial charge in [0.15, 0.2) is 11.0 Å². The Kier molecular flexibility index (Phi) is 5.45. The van der Waals surface area contributed by atoms with Crippen molar-refractivity contribution in [2.75, 3.05) is 7.05 Å². The molecule has 4 rings (SSSR count). The van der Waals surface area contributed by atoms with Crippen LogP contribution in [0.25, 0.3) is 10.7 Å². The number of nitrogens with one attached hydrogen (secondary N) is 2. The maximum atomic E-state index is 12.8. The van der Waals surface area contributed by atoms with E-state index >= 15 is 0 Å². The molecule has 1 atom stereocenters. The van der Waals surface area contributed by atoms with Crippen LogP contribution in [0.15, 0.2) is 53.0 Å². The number of thiophene rings is 1. The third kappa shape index (κ3) is 3.95. The molecule has 1 aliphatic carbocycles. The Morgan fingerprint density at radius 1 is 1.18 bits per heavy atom. The van der Waals surface area contributed by atoms with Crippen molar-refractivity contribution in [1.29, 1.82) is 0 Å². The molecule has 0 spiro atoms. The number of aromatic nitrogens is 3. The lowest BCUT2D eigenvalue weighted by Gasteiger charge is -2.16. The zero-order valence-corrected chi connectivity index (χ0v) is 16.8. The summed E-state index contributed by atoms with van der Waals surface area (Å²) in [5.74, 6) is 0.442. The zero-order valence-electron chi connectivity index (χ0n) is 15.2. The van der Waals surface area contributed by atoms with Gasteiger partial charge in [0.05, 0.1) is 4.88 Å². The smallest absolute Gasteiger partial charge is 0.321 e. The highest BCUT2D eigenvalue weighted by Crippen LogP contribution is 2.44. The van der Waals surface area contributed by atoms with Gasteiger partial charge in [-0.1, -0.05) is 48.2 Å². The van der Waals surface area contributed by atoms with E-state index < -0.39 is 17.2 Å². The predicted molar refractivity (Wildman–Crippen MR) is 109 cm³/mol. The summed E-state index contributed by atoms with van der Waals surface area (Å²) in [7, 11) is 1.48. The van der Waals surface area contributed by atoms with Crippen molar-refractivity contribution in [2.24, 2.45) is 0 Å². The average Bonchev–Trinajstić information content (AvgIpc) is 3.24. The normalized spacial score (nSPS) is 14.5. The summed E-state index contributed by atoms with van der Waals surface area (Å²) < 4.78 is 2.12. The number of carbonyl (C=O) groups is 2. The van der Waals surface area contributed by atoms with E-state index in [2.05, 4.69) is 25.4 Å². The van der Waals surface area contributed by atoms with Crippen LogP contribution in [0.4, 0.5) is 4.79 Å². The number of nitrogens with zero attached hydrogens (tertiary/aromatic N) is 3. The van der Waals surface area contributed by atoms with Crippen LogP contribution in [-0.4, -0.2) is 33.8 Å². The maximum Gasteiger partial charge on any atom is 0.321 e. The summed E-state index contributed by atoms with van der Waals surface area (Å²) >= 11 is 2.93. The van der Waals surface area contributed by atoms with Crippen LogP contribution in [-0.2, 0) is 4.79 Å². The van der Waals surface area contributed by atoms with Crippen molar-refractivity contribution < 1.29 is 9.59 Å². The van der Waals surface area contributed by atoms with E-state index in [-0.39, 0.29) is 0 Å². The van der Waals surface area contributed by atoms with Gasteiger partial charge in [0.1, 0.15) is 5.25 Å². The number of hydrogen-bond acceptors (Lipinski definition) is 6. The standard InChI is InChI=1S/C19H19N5O2S2/c1-20-18(26)21-17(25)15(12-6-3-2-4-7-12)28-19-23-22-16(14-8-5-11-27-14)24(19)13-9-10-13/h2-8,11,13,15H,9-10H2,1H3,(H2,20,21,25,26)/t15-/m0/s1. The molecule has 0 unspecified atom stereocenters. The number of rotatable bonds is 6. The van der Waals surface area contributed by atoms with Crippen LogP contribution < -0.4 is 10.6 Å². The largest absolute Gasteiger partial charge is 0.341 e. The molecule has 0 saturated heterocycles. The average molecular weight is 414 g/mol. The molecule has 3 amide bonds. The van der Waals surface area contributed by atoms with Crippen LogP contribution in [0.1, 0.15) is 29.7 Å². The van der Waals surface area contributed by atoms with E-state index in [1.54, 1.807) is 11.3 Å². The first-order valence-corrected chi connectivity index (χ1v) is 10.7. The van der Waals surface area contributed by atoms with Crippen LogP contribution in [0, 0.1) is 0 Å². The van der Waals surface area contributed by atoms with Gasteiger partial charge in [-0.2, -0.15) is 0 Å². The second-order valence-corrected chi connectivity index (χ2v) is 8.38. The summed E-state index contributed by atoms with van der Waals surface area (Å²) in [6.07, 6.45) is 2.15. The van der Waals surface area contributed by atoms with Crippen molar-refractivity contribution in [3.63, 3.8) is 0 Å². The molecule has 1 aliphatic rings. The highest BCUT2D eigenvalue weighted by Gasteiger charge is 2.33. The molecule has 2 N–H and O–H groups in total. The first-order valence-electron chi connectivity index (χ1n) is 8.90. The number of amides is 3. The molecule has 1 saturated carbocycles. The van der Waals surface area contributed by atoms with Gasteiger partial charge >= 0.3 is 6.03 Å². The van der Waals surface area contributed by atoms with Crippen molar-refractivity contribution in [3.05, 3.63) is 53.4 Å². The fourth-order valence-corrected chi connectivity index (χ4v) is 4.65. The summed E-state index contributed by atoms with van der Waals surface area (Å²) in [6, 6.07) is 13.2. The van der Waals surface area contributed by atoms with E-state index in [4.69, 9.17) is 0 Å². The molecule has 144 valence electrons. The number of thioether (sulfide) groups is 1. The molecule has 1 fully saturated rings. The molecule has 2 heterocycles. The molecule has 0 aliphatic heterocycles. The third-order valence-corrected chi connectivity index (χ3v) is 6.42. The summed E-state index contributed by atoms with van der Waals surface area (Å²) in [6.45, 7) is 0. The predicted octanol–water partition coefficient (Wildman–Crippen LogP) is 3.63. The Hall–Kier alpha value is -2.65. The fourth-order valence-electron chi connectivity index (χ4n) is 2.84. The SMILES string of the molecule is CNC(=O)NC(=O)[C@@H](Sc1nnc(-c2cccs2)n1C1CC1)c1ccccc1. The van der Waals surface area contributed by atoms with Gasteiger partial charge in [-0.25, -0.2) is 4.79 Å². The summed E-state index contributed by atoms with van der Waals surface area (Å²) in [4.78, 5) is 25.5. The van der Waals surface area contributed by atoms with Gasteiger partial charge in [0.2, 0.25) is 5.91 Å². The lowest BCUT2D eigenvalue weighted by atomic mass is 10.1. The first kappa shape index (κ1) is 18.7. The number of benzene rings is 1. The molecule has 9 heteroatoms. The summed E-state index contributed by atoms with van der Waals surface area (Å²) in [5.41, 5.74) is 0.803. The maximum absolute atomic E-state index is 12.8. The van der Waals surface area contributed by atoms with Gasteiger partial charge in [-0.15, -0.1) is 21.5 Å². The van der Waals surface area contributed by atoms with Gasteiger partial charge in [0, 0.05) is 13.1 Å². The minimum absolute atomic E-state index is 0.355. The van der Waals surface area contributed by atoms with E-state index in [0.717, 1.165) is 29.1 Å². The van der Waals surface area contributed by atoms with Gasteiger partial charge in [0.25, 0.3) is 0 Å². The molecular weight excluding hydrogens is 394 g/mol. The van der Waals surface area contributed by atoms with Gasteiger partial charge < -0.3 is 5.32 Å². The highest BCUT2D eigenvalue weighted by atomic mass is 32.2. The lowest BCUT2D eigenvalue weighted by Crippen LogP contribution is -2.39. The number of imide groups is 1. The third-order valence-electron chi connectivity index (χ3n) is 4.35. The quantitative estimate of drug-likeness (QED) is 0.603. The highest BCUT2D eigenvalue weighted by molar-refractivity contribution is 8.00. The Labute approximate surface area is 170 Å². The van der Waals surface area contributed by atoms with Crippen LogP contribution in [0.5, 0.6) is 0 Å². The van der Waals surface area contributed by atoms with Gasteiger partial charge in [-0.3, -0.25) is 14.7 Å². The Morgan fingerprint density at radius 2 is 1.96 bits per heavy atom. The topological polar surface area (TPSA) is 88.9 Å². The second-order valence-electron chi connectivity index (χ2n) is 6.36. The van der Waals surface area contributed by atoms with Crippen molar-refractivity contribution >= 4 is 35.0 Å². The lowest BCUT2D eigenvalue weighted by molar-refractivity contribution is -0.119. The summed E-state index contributed by atoms with van der Waals surface area (Å²) in [5, 5.41) is 15.7. The zero-order chi connectivity index (χ0) is 19.5. The molecule has 2 aromatic heterocycles. The second kappa shape index (κ2) is 8.15. The van der Waals surface area contributed by atoms with Crippen LogP contribution in [0.3, 0.4) is 0 Å². The molecule has 3 aromatic rings. The van der Waals surface area contributed by atoms with Crippen LogP contribution in [0.2, 0.25) is 0 Å². The molecule has 0 radical (unpaired) electrons. The minimum Gasteiger partial charge on any atom is -0.341 e. The van der Waals surface area contributed by atoms with Crippen molar-refractivity contribution in [1.82, 2.24) is 25.4 Å². The number of carbonyl (C=O) groups excluding carboxylic acids is 2. The van der Waals surface area contributed by atoms with Gasteiger partial charge in [-0.05, 0) is 29.9 Å². The molecule has 0 bridgehead atoms. The van der Waals surface area contributed by atoms with E-state index in [9.17, 15) is 9.59 Å².